The van der Waals surface area contributed by atoms with E-state index in [2.05, 4.69) is 40.8 Å². The molecular weight excluding hydrogens is 368 g/mol. The summed E-state index contributed by atoms with van der Waals surface area (Å²) >= 11 is 0. The molecule has 1 N–H and O–H groups in total. The largest absolute Gasteiger partial charge is 0.300 e. The first-order valence-electron chi connectivity index (χ1n) is 10.5. The van der Waals surface area contributed by atoms with Crippen molar-refractivity contribution in [3.05, 3.63) is 54.1 Å². The van der Waals surface area contributed by atoms with Gasteiger partial charge < -0.3 is 4.90 Å². The van der Waals surface area contributed by atoms with Gasteiger partial charge >= 0.3 is 0 Å². The first-order valence-corrected chi connectivity index (χ1v) is 12.0. The van der Waals surface area contributed by atoms with E-state index in [1.165, 1.54) is 24.9 Å². The van der Waals surface area contributed by atoms with Crippen LogP contribution in [0.2, 0.25) is 0 Å². The molecule has 1 saturated heterocycles. The Kier molecular flexibility index (Phi) is 5.85. The highest BCUT2D eigenvalue weighted by atomic mass is 32.2. The molecule has 0 bridgehead atoms. The van der Waals surface area contributed by atoms with Crippen LogP contribution >= 0.6 is 0 Å². The molecule has 0 spiro atoms. The van der Waals surface area contributed by atoms with Crippen molar-refractivity contribution in [2.24, 2.45) is 0 Å². The van der Waals surface area contributed by atoms with Gasteiger partial charge in [-0.15, -0.1) is 0 Å². The number of rotatable bonds is 7. The van der Waals surface area contributed by atoms with Crippen LogP contribution in [0.4, 0.5) is 0 Å². The van der Waals surface area contributed by atoms with Crippen molar-refractivity contribution in [1.82, 2.24) is 9.62 Å². The SMILES string of the molecule is CC1CCCN1CCc1ccc(-c2ccc(S(=O)(=O)NC3CCC3)cc2)cc1. The smallest absolute Gasteiger partial charge is 0.240 e. The summed E-state index contributed by atoms with van der Waals surface area (Å²) in [5, 5.41) is 0. The number of likely N-dealkylation sites (tertiary alicyclic amines) is 1. The first kappa shape index (κ1) is 19.6. The molecule has 1 saturated carbocycles. The zero-order valence-electron chi connectivity index (χ0n) is 16.6. The molecule has 1 atom stereocenters. The number of nitrogens with zero attached hydrogens (tertiary/aromatic N) is 1. The summed E-state index contributed by atoms with van der Waals surface area (Å²) in [7, 11) is -3.40. The molecule has 0 aromatic heterocycles. The molecule has 1 aliphatic carbocycles. The molecule has 2 fully saturated rings. The Labute approximate surface area is 169 Å². The number of nitrogens with one attached hydrogen (secondary N) is 1. The van der Waals surface area contributed by atoms with Crippen molar-refractivity contribution in [2.45, 2.75) is 62.4 Å². The van der Waals surface area contributed by atoms with E-state index < -0.39 is 10.0 Å². The van der Waals surface area contributed by atoms with Crippen molar-refractivity contribution in [1.29, 1.82) is 0 Å². The van der Waals surface area contributed by atoms with Gasteiger partial charge in [0.2, 0.25) is 10.0 Å². The molecule has 1 heterocycles. The van der Waals surface area contributed by atoms with Gasteiger partial charge in [0.25, 0.3) is 0 Å². The van der Waals surface area contributed by atoms with Crippen LogP contribution in [0.1, 0.15) is 44.6 Å². The molecule has 0 radical (unpaired) electrons. The minimum absolute atomic E-state index is 0.112. The molecular formula is C23H30N2O2S. The Bertz CT molecular complexity index is 887. The van der Waals surface area contributed by atoms with Gasteiger partial charge in [-0.2, -0.15) is 0 Å². The molecule has 2 aromatic rings. The normalized spacial score (nSPS) is 21.0. The van der Waals surface area contributed by atoms with E-state index in [4.69, 9.17) is 0 Å². The van der Waals surface area contributed by atoms with Crippen LogP contribution in [-0.2, 0) is 16.4 Å². The topological polar surface area (TPSA) is 49.4 Å². The predicted molar refractivity (Wildman–Crippen MR) is 114 cm³/mol. The minimum Gasteiger partial charge on any atom is -0.300 e. The van der Waals surface area contributed by atoms with Gasteiger partial charge in [0, 0.05) is 18.6 Å². The lowest BCUT2D eigenvalue weighted by molar-refractivity contribution is 0.272. The lowest BCUT2D eigenvalue weighted by Crippen LogP contribution is -2.39. The van der Waals surface area contributed by atoms with Crippen molar-refractivity contribution in [2.75, 3.05) is 13.1 Å². The van der Waals surface area contributed by atoms with E-state index in [-0.39, 0.29) is 6.04 Å². The third-order valence-corrected chi connectivity index (χ3v) is 7.79. The van der Waals surface area contributed by atoms with Crippen LogP contribution in [0.5, 0.6) is 0 Å². The minimum atomic E-state index is -3.40. The van der Waals surface area contributed by atoms with Gasteiger partial charge in [-0.3, -0.25) is 0 Å². The van der Waals surface area contributed by atoms with Gasteiger partial charge in [0.05, 0.1) is 4.90 Å². The summed E-state index contributed by atoms with van der Waals surface area (Å²) in [5.74, 6) is 0. The van der Waals surface area contributed by atoms with E-state index in [9.17, 15) is 8.42 Å². The monoisotopic (exact) mass is 398 g/mol. The molecule has 2 aromatic carbocycles. The molecule has 0 amide bonds. The van der Waals surface area contributed by atoms with E-state index in [1.807, 2.05) is 12.1 Å². The summed E-state index contributed by atoms with van der Waals surface area (Å²) in [6.45, 7) is 4.67. The average molecular weight is 399 g/mol. The number of hydrogen-bond acceptors (Lipinski definition) is 3. The van der Waals surface area contributed by atoms with E-state index >= 15 is 0 Å². The Morgan fingerprint density at radius 1 is 0.929 bits per heavy atom. The van der Waals surface area contributed by atoms with E-state index in [0.29, 0.717) is 10.9 Å². The Hall–Kier alpha value is -1.69. The predicted octanol–water partition coefficient (Wildman–Crippen LogP) is 4.21. The van der Waals surface area contributed by atoms with Crippen LogP contribution in [0.25, 0.3) is 11.1 Å². The Balaban J connectivity index is 1.38. The van der Waals surface area contributed by atoms with Crippen LogP contribution in [0, 0.1) is 0 Å². The molecule has 28 heavy (non-hydrogen) atoms. The average Bonchev–Trinajstić information content (AvgIpc) is 3.09. The highest BCUT2D eigenvalue weighted by Gasteiger charge is 2.24. The second-order valence-corrected chi connectivity index (χ2v) is 9.96. The van der Waals surface area contributed by atoms with Gasteiger partial charge in [-0.05, 0) is 74.4 Å². The van der Waals surface area contributed by atoms with Crippen LogP contribution < -0.4 is 4.72 Å². The zero-order valence-corrected chi connectivity index (χ0v) is 17.4. The lowest BCUT2D eigenvalue weighted by atomic mass is 9.94. The fraction of sp³-hybridized carbons (Fsp3) is 0.478. The maximum Gasteiger partial charge on any atom is 0.240 e. The van der Waals surface area contributed by atoms with Crippen LogP contribution in [0.15, 0.2) is 53.4 Å². The lowest BCUT2D eigenvalue weighted by Gasteiger charge is -2.26. The summed E-state index contributed by atoms with van der Waals surface area (Å²) in [6.07, 6.45) is 6.72. The second kappa shape index (κ2) is 8.36. The molecule has 1 unspecified atom stereocenters. The second-order valence-electron chi connectivity index (χ2n) is 8.25. The Morgan fingerprint density at radius 2 is 1.57 bits per heavy atom. The highest BCUT2D eigenvalue weighted by Crippen LogP contribution is 2.24. The number of sulfonamides is 1. The quantitative estimate of drug-likeness (QED) is 0.760. The summed E-state index contributed by atoms with van der Waals surface area (Å²) in [5.41, 5.74) is 3.52. The van der Waals surface area contributed by atoms with Gasteiger partial charge in [-0.25, -0.2) is 13.1 Å². The maximum absolute atomic E-state index is 12.4. The molecule has 4 nitrogen and oxygen atoms in total. The molecule has 4 rings (SSSR count). The van der Waals surface area contributed by atoms with Crippen LogP contribution in [-0.4, -0.2) is 38.5 Å². The highest BCUT2D eigenvalue weighted by molar-refractivity contribution is 7.89. The maximum atomic E-state index is 12.4. The van der Waals surface area contributed by atoms with Crippen molar-refractivity contribution >= 4 is 10.0 Å². The molecule has 2 aliphatic rings. The number of hydrogen-bond donors (Lipinski definition) is 1. The van der Waals surface area contributed by atoms with Gasteiger partial charge in [-0.1, -0.05) is 42.8 Å². The molecule has 1 aliphatic heterocycles. The molecule has 5 heteroatoms. The van der Waals surface area contributed by atoms with E-state index in [1.54, 1.807) is 12.1 Å². The van der Waals surface area contributed by atoms with Crippen molar-refractivity contribution in [3.63, 3.8) is 0 Å². The third-order valence-electron chi connectivity index (χ3n) is 6.26. The standard InChI is InChI=1S/C23H30N2O2S/c1-18-4-3-16-25(18)17-15-19-7-9-20(10-8-19)21-11-13-23(14-12-21)28(26,27)24-22-5-2-6-22/h7-14,18,22,24H,2-6,15-17H2,1H3. The number of benzene rings is 2. The van der Waals surface area contributed by atoms with Gasteiger partial charge in [0.1, 0.15) is 0 Å². The first-order chi connectivity index (χ1) is 13.5. The fourth-order valence-corrected chi connectivity index (χ4v) is 5.41. The van der Waals surface area contributed by atoms with Crippen molar-refractivity contribution < 1.29 is 8.42 Å². The van der Waals surface area contributed by atoms with Crippen LogP contribution in [0.3, 0.4) is 0 Å². The van der Waals surface area contributed by atoms with Crippen molar-refractivity contribution in [3.8, 4) is 11.1 Å². The van der Waals surface area contributed by atoms with Gasteiger partial charge in [0.15, 0.2) is 0 Å². The third kappa shape index (κ3) is 4.48. The summed E-state index contributed by atoms with van der Waals surface area (Å²) < 4.78 is 27.6. The Morgan fingerprint density at radius 3 is 2.11 bits per heavy atom. The fourth-order valence-electron chi connectivity index (χ4n) is 4.10. The summed E-state index contributed by atoms with van der Waals surface area (Å²) in [6, 6.07) is 16.7. The molecule has 150 valence electrons. The van der Waals surface area contributed by atoms with E-state index in [0.717, 1.165) is 43.4 Å². The summed E-state index contributed by atoms with van der Waals surface area (Å²) in [4.78, 5) is 2.92. The zero-order chi connectivity index (χ0) is 19.6.